The molecule has 9 heteroatoms. The van der Waals surface area contributed by atoms with Crippen LogP contribution >= 0.6 is 0 Å². The van der Waals surface area contributed by atoms with Crippen LogP contribution in [0.4, 0.5) is 11.4 Å². The highest BCUT2D eigenvalue weighted by Gasteiger charge is 2.17. The Morgan fingerprint density at radius 3 is 2.06 bits per heavy atom. The van der Waals surface area contributed by atoms with Gasteiger partial charge in [0.1, 0.15) is 5.56 Å². The first-order chi connectivity index (χ1) is 15.9. The summed E-state index contributed by atoms with van der Waals surface area (Å²) < 4.78 is 11.8. The van der Waals surface area contributed by atoms with Gasteiger partial charge in [-0.05, 0) is 55.0 Å². The van der Waals surface area contributed by atoms with Crippen molar-refractivity contribution in [2.45, 2.75) is 19.8 Å². The number of methoxy groups -OCH3 is 1. The Balaban J connectivity index is 1.58. The molecule has 0 spiro atoms. The van der Waals surface area contributed by atoms with E-state index in [-0.39, 0.29) is 23.7 Å². The first-order valence-corrected chi connectivity index (χ1v) is 10.5. The Labute approximate surface area is 191 Å². The third kappa shape index (κ3) is 6.19. The molecule has 2 N–H and O–H groups in total. The molecule has 33 heavy (non-hydrogen) atoms. The number of anilines is 2. The molecule has 0 fully saturated rings. The van der Waals surface area contributed by atoms with Crippen molar-refractivity contribution in [3.63, 3.8) is 0 Å². The lowest BCUT2D eigenvalue weighted by molar-refractivity contribution is 0.0499. The van der Waals surface area contributed by atoms with Crippen LogP contribution in [0.2, 0.25) is 0 Å². The number of amides is 2. The fraction of sp³-hybridized carbons (Fsp3) is 0.250. The lowest BCUT2D eigenvalue weighted by Crippen LogP contribution is -2.14. The fourth-order valence-electron chi connectivity index (χ4n) is 2.96. The van der Waals surface area contributed by atoms with Crippen molar-refractivity contribution in [1.29, 1.82) is 0 Å². The molecular weight excluding hydrogens is 424 g/mol. The van der Waals surface area contributed by atoms with Gasteiger partial charge in [-0.25, -0.2) is 4.79 Å². The molecule has 1 heterocycles. The Kier molecular flexibility index (Phi) is 7.80. The highest BCUT2D eigenvalue weighted by molar-refractivity contribution is 6.07. The molecule has 0 aliphatic carbocycles. The highest BCUT2D eigenvalue weighted by atomic mass is 16.5. The van der Waals surface area contributed by atoms with Crippen molar-refractivity contribution >= 4 is 29.2 Å². The number of esters is 1. The summed E-state index contributed by atoms with van der Waals surface area (Å²) in [5.41, 5.74) is 2.21. The average Bonchev–Trinajstić information content (AvgIpc) is 3.21. The molecule has 2 aromatic carbocycles. The molecule has 0 bridgehead atoms. The van der Waals surface area contributed by atoms with E-state index in [9.17, 15) is 14.4 Å². The molecule has 9 nitrogen and oxygen atoms in total. The number of hydrogen-bond acceptors (Lipinski definition) is 6. The zero-order valence-electron chi connectivity index (χ0n) is 18.8. The van der Waals surface area contributed by atoms with E-state index in [1.807, 2.05) is 6.92 Å². The number of hydrogen-bond donors (Lipinski definition) is 2. The number of aromatic nitrogens is 2. The Hall–Kier alpha value is -4.14. The van der Waals surface area contributed by atoms with Gasteiger partial charge in [-0.15, -0.1) is 5.10 Å². The second kappa shape index (κ2) is 10.9. The minimum atomic E-state index is -0.386. The van der Waals surface area contributed by atoms with Crippen LogP contribution in [-0.2, 0) is 11.8 Å². The van der Waals surface area contributed by atoms with Gasteiger partial charge < -0.3 is 20.1 Å². The minimum Gasteiger partial charge on any atom is -0.479 e. The summed E-state index contributed by atoms with van der Waals surface area (Å²) >= 11 is 0. The van der Waals surface area contributed by atoms with Crippen molar-refractivity contribution in [3.8, 4) is 5.88 Å². The number of rotatable bonds is 9. The van der Waals surface area contributed by atoms with Crippen LogP contribution in [0.1, 0.15) is 50.8 Å². The van der Waals surface area contributed by atoms with Crippen LogP contribution in [-0.4, -0.2) is 41.3 Å². The molecule has 0 aliphatic heterocycles. The van der Waals surface area contributed by atoms with Gasteiger partial charge in [0.05, 0.1) is 19.3 Å². The van der Waals surface area contributed by atoms with Gasteiger partial charge in [0.15, 0.2) is 0 Å². The maximum atomic E-state index is 12.5. The van der Waals surface area contributed by atoms with E-state index in [4.69, 9.17) is 9.47 Å². The van der Waals surface area contributed by atoms with Crippen molar-refractivity contribution < 1.29 is 23.9 Å². The van der Waals surface area contributed by atoms with Gasteiger partial charge in [-0.2, -0.15) is 0 Å². The van der Waals surface area contributed by atoms with Gasteiger partial charge in [0.2, 0.25) is 5.88 Å². The van der Waals surface area contributed by atoms with Gasteiger partial charge in [0, 0.05) is 30.2 Å². The summed E-state index contributed by atoms with van der Waals surface area (Å²) in [6.07, 6.45) is 3.33. The molecule has 2 amide bonds. The predicted molar refractivity (Wildman–Crippen MR) is 124 cm³/mol. The van der Waals surface area contributed by atoms with E-state index >= 15 is 0 Å². The molecule has 0 radical (unpaired) electrons. The van der Waals surface area contributed by atoms with E-state index < -0.39 is 0 Å². The number of carbonyl (C=O) groups is 3. The average molecular weight is 450 g/mol. The van der Waals surface area contributed by atoms with E-state index in [2.05, 4.69) is 15.7 Å². The van der Waals surface area contributed by atoms with Crippen molar-refractivity contribution in [1.82, 2.24) is 9.78 Å². The predicted octanol–water partition coefficient (Wildman–Crippen LogP) is 3.89. The summed E-state index contributed by atoms with van der Waals surface area (Å²) in [5, 5.41) is 9.58. The SMILES string of the molecule is CCCCOC(=O)c1ccc(NC(=O)c2ccc(NC(=O)c3cn(C)nc3OC)cc2)cc1. The molecule has 0 saturated carbocycles. The molecular formula is C24H26N4O5. The minimum absolute atomic E-state index is 0.228. The molecule has 1 aromatic heterocycles. The molecule has 0 aliphatic rings. The lowest BCUT2D eigenvalue weighted by atomic mass is 10.1. The Morgan fingerprint density at radius 2 is 1.48 bits per heavy atom. The van der Waals surface area contributed by atoms with Gasteiger partial charge in [-0.3, -0.25) is 14.3 Å². The number of carbonyl (C=O) groups excluding carboxylic acids is 3. The zero-order chi connectivity index (χ0) is 23.8. The molecule has 3 rings (SSSR count). The summed E-state index contributed by atoms with van der Waals surface area (Å²) in [7, 11) is 3.14. The third-order valence-corrected chi connectivity index (χ3v) is 4.75. The maximum absolute atomic E-state index is 12.5. The smallest absolute Gasteiger partial charge is 0.338 e. The quantitative estimate of drug-likeness (QED) is 0.378. The normalized spacial score (nSPS) is 10.4. The molecule has 0 saturated heterocycles. The number of unbranched alkanes of at least 4 members (excludes halogenated alkanes) is 1. The third-order valence-electron chi connectivity index (χ3n) is 4.75. The molecule has 0 unspecified atom stereocenters. The van der Waals surface area contributed by atoms with Gasteiger partial charge in [0.25, 0.3) is 11.8 Å². The van der Waals surface area contributed by atoms with Crippen molar-refractivity contribution in [3.05, 3.63) is 71.4 Å². The largest absolute Gasteiger partial charge is 0.479 e. The second-order valence-corrected chi connectivity index (χ2v) is 7.28. The van der Waals surface area contributed by atoms with Gasteiger partial charge in [-0.1, -0.05) is 13.3 Å². The summed E-state index contributed by atoms with van der Waals surface area (Å²) in [6, 6.07) is 13.0. The Morgan fingerprint density at radius 1 is 0.909 bits per heavy atom. The van der Waals surface area contributed by atoms with E-state index in [1.165, 1.54) is 11.8 Å². The maximum Gasteiger partial charge on any atom is 0.338 e. The topological polar surface area (TPSA) is 112 Å². The highest BCUT2D eigenvalue weighted by Crippen LogP contribution is 2.18. The van der Waals surface area contributed by atoms with E-state index in [0.29, 0.717) is 34.7 Å². The Bertz CT molecular complexity index is 1120. The van der Waals surface area contributed by atoms with E-state index in [0.717, 1.165) is 12.8 Å². The van der Waals surface area contributed by atoms with Crippen LogP contribution in [0, 0.1) is 0 Å². The molecule has 3 aromatic rings. The van der Waals surface area contributed by atoms with Crippen molar-refractivity contribution in [2.24, 2.45) is 7.05 Å². The number of aryl methyl sites for hydroxylation is 1. The molecule has 172 valence electrons. The first-order valence-electron chi connectivity index (χ1n) is 10.5. The fourth-order valence-corrected chi connectivity index (χ4v) is 2.96. The monoisotopic (exact) mass is 450 g/mol. The van der Waals surface area contributed by atoms with Crippen molar-refractivity contribution in [2.75, 3.05) is 24.4 Å². The van der Waals surface area contributed by atoms with Crippen LogP contribution in [0.3, 0.4) is 0 Å². The number of benzene rings is 2. The van der Waals surface area contributed by atoms with Gasteiger partial charge >= 0.3 is 5.97 Å². The standard InChI is InChI=1S/C24H26N4O5/c1-4-5-14-33-24(31)17-8-12-18(13-9-17)25-21(29)16-6-10-19(11-7-16)26-22(30)20-15-28(2)27-23(20)32-3/h6-13,15H,4-5,14H2,1-3H3,(H,25,29)(H,26,30). The summed E-state index contributed by atoms with van der Waals surface area (Å²) in [5.74, 6) is -0.848. The second-order valence-electron chi connectivity index (χ2n) is 7.28. The lowest BCUT2D eigenvalue weighted by Gasteiger charge is -2.08. The van der Waals surface area contributed by atoms with Crippen LogP contribution < -0.4 is 15.4 Å². The number of nitrogens with zero attached hydrogens (tertiary/aromatic N) is 2. The van der Waals surface area contributed by atoms with Crippen LogP contribution in [0.15, 0.2) is 54.7 Å². The molecule has 0 atom stereocenters. The van der Waals surface area contributed by atoms with E-state index in [1.54, 1.807) is 61.8 Å². The first kappa shape index (κ1) is 23.5. The zero-order valence-corrected chi connectivity index (χ0v) is 18.8. The number of nitrogens with one attached hydrogen (secondary N) is 2. The summed E-state index contributed by atoms with van der Waals surface area (Å²) in [6.45, 7) is 2.41. The van der Waals surface area contributed by atoms with Crippen LogP contribution in [0.25, 0.3) is 0 Å². The van der Waals surface area contributed by atoms with Crippen LogP contribution in [0.5, 0.6) is 5.88 Å². The summed E-state index contributed by atoms with van der Waals surface area (Å²) in [4.78, 5) is 36.9. The number of ether oxygens (including phenoxy) is 2.